The molecule has 1 N–H and O–H groups in total. The summed E-state index contributed by atoms with van der Waals surface area (Å²) in [7, 11) is 1.63. The molecule has 0 atom stereocenters. The smallest absolute Gasteiger partial charge is 0.255 e. The van der Waals surface area contributed by atoms with Crippen LogP contribution in [0, 0.1) is 6.92 Å². The summed E-state index contributed by atoms with van der Waals surface area (Å²) in [6, 6.07) is 19.4. The largest absolute Gasteiger partial charge is 0.497 e. The van der Waals surface area contributed by atoms with E-state index in [4.69, 9.17) is 4.74 Å². The Morgan fingerprint density at radius 1 is 1.07 bits per heavy atom. The van der Waals surface area contributed by atoms with Crippen LogP contribution in [0.25, 0.3) is 16.7 Å². The Morgan fingerprint density at radius 2 is 1.86 bits per heavy atom. The number of hydrogen-bond acceptors (Lipinski definition) is 4. The molecule has 6 heteroatoms. The van der Waals surface area contributed by atoms with E-state index in [0.29, 0.717) is 17.9 Å². The zero-order valence-corrected chi connectivity index (χ0v) is 15.7. The van der Waals surface area contributed by atoms with Crippen molar-refractivity contribution in [3.8, 4) is 11.6 Å². The number of rotatable bonds is 5. The number of fused-ring (bicyclic) bond motifs is 1. The van der Waals surface area contributed by atoms with Crippen LogP contribution >= 0.6 is 0 Å². The Hall–Kier alpha value is -3.67. The van der Waals surface area contributed by atoms with Crippen molar-refractivity contribution in [3.63, 3.8) is 0 Å². The molecule has 4 aromatic rings. The first kappa shape index (κ1) is 17.7. The molecular weight excluding hydrogens is 352 g/mol. The first-order chi connectivity index (χ1) is 13.7. The molecule has 6 nitrogen and oxygen atoms in total. The summed E-state index contributed by atoms with van der Waals surface area (Å²) >= 11 is 0. The number of pyridine rings is 1. The van der Waals surface area contributed by atoms with Gasteiger partial charge in [-0.05, 0) is 42.8 Å². The molecule has 0 bridgehead atoms. The average Bonchev–Trinajstić information content (AvgIpc) is 3.13. The lowest BCUT2D eigenvalue weighted by molar-refractivity contribution is 0.0950. The molecule has 0 aliphatic rings. The van der Waals surface area contributed by atoms with Gasteiger partial charge in [0, 0.05) is 11.9 Å². The number of carbonyl (C=O) groups excluding carboxylic acids is 1. The number of ether oxygens (including phenoxy) is 1. The SMILES string of the molecule is COc1ccc(CNC(=O)c2cnn(-c3ccc4ccccc4n3)c2C)cc1. The van der Waals surface area contributed by atoms with Gasteiger partial charge in [-0.1, -0.05) is 30.3 Å². The number of hydrogen-bond donors (Lipinski definition) is 1. The monoisotopic (exact) mass is 372 g/mol. The van der Waals surface area contributed by atoms with E-state index in [2.05, 4.69) is 15.4 Å². The van der Waals surface area contributed by atoms with Crippen molar-refractivity contribution in [1.29, 1.82) is 0 Å². The maximum atomic E-state index is 12.6. The summed E-state index contributed by atoms with van der Waals surface area (Å²) in [6.07, 6.45) is 1.58. The van der Waals surface area contributed by atoms with Crippen LogP contribution in [0.1, 0.15) is 21.6 Å². The van der Waals surface area contributed by atoms with E-state index < -0.39 is 0 Å². The Balaban J connectivity index is 1.52. The van der Waals surface area contributed by atoms with Gasteiger partial charge in [0.1, 0.15) is 5.75 Å². The van der Waals surface area contributed by atoms with E-state index in [9.17, 15) is 4.79 Å². The highest BCUT2D eigenvalue weighted by atomic mass is 16.5. The topological polar surface area (TPSA) is 69.0 Å². The van der Waals surface area contributed by atoms with Crippen molar-refractivity contribution in [2.24, 2.45) is 0 Å². The molecule has 28 heavy (non-hydrogen) atoms. The van der Waals surface area contributed by atoms with E-state index in [1.54, 1.807) is 18.0 Å². The molecule has 1 amide bonds. The Morgan fingerprint density at radius 3 is 2.64 bits per heavy atom. The van der Waals surface area contributed by atoms with Crippen LogP contribution in [0.2, 0.25) is 0 Å². The molecule has 0 aliphatic heterocycles. The molecule has 0 spiro atoms. The second-order valence-corrected chi connectivity index (χ2v) is 6.45. The number of methoxy groups -OCH3 is 1. The molecule has 0 saturated carbocycles. The van der Waals surface area contributed by atoms with Crippen LogP contribution in [-0.4, -0.2) is 27.8 Å². The van der Waals surface area contributed by atoms with Crippen molar-refractivity contribution in [3.05, 3.63) is 83.7 Å². The lowest BCUT2D eigenvalue weighted by atomic mass is 10.2. The molecule has 4 rings (SSSR count). The fourth-order valence-corrected chi connectivity index (χ4v) is 3.06. The van der Waals surface area contributed by atoms with Crippen molar-refractivity contribution in [2.75, 3.05) is 7.11 Å². The molecule has 140 valence electrons. The number of nitrogens with zero attached hydrogens (tertiary/aromatic N) is 3. The fraction of sp³-hybridized carbons (Fsp3) is 0.136. The van der Waals surface area contributed by atoms with Gasteiger partial charge in [0.2, 0.25) is 0 Å². The third-order valence-electron chi connectivity index (χ3n) is 4.67. The van der Waals surface area contributed by atoms with Gasteiger partial charge in [-0.3, -0.25) is 4.79 Å². The van der Waals surface area contributed by atoms with Crippen LogP contribution in [-0.2, 0) is 6.54 Å². The summed E-state index contributed by atoms with van der Waals surface area (Å²) in [5.74, 6) is 1.31. The zero-order valence-electron chi connectivity index (χ0n) is 15.7. The number of nitrogens with one attached hydrogen (secondary N) is 1. The van der Waals surface area contributed by atoms with Gasteiger partial charge in [0.15, 0.2) is 5.82 Å². The van der Waals surface area contributed by atoms with Gasteiger partial charge in [0.25, 0.3) is 5.91 Å². The number of carbonyl (C=O) groups is 1. The van der Waals surface area contributed by atoms with Crippen molar-refractivity contribution in [1.82, 2.24) is 20.1 Å². The van der Waals surface area contributed by atoms with E-state index in [1.165, 1.54) is 0 Å². The van der Waals surface area contributed by atoms with Crippen LogP contribution in [0.15, 0.2) is 66.9 Å². The van der Waals surface area contributed by atoms with Crippen LogP contribution < -0.4 is 10.1 Å². The van der Waals surface area contributed by atoms with E-state index in [1.807, 2.05) is 67.6 Å². The average molecular weight is 372 g/mol. The summed E-state index contributed by atoms with van der Waals surface area (Å²) in [5, 5.41) is 8.37. The highest BCUT2D eigenvalue weighted by Gasteiger charge is 2.15. The molecular formula is C22H20N4O2. The minimum Gasteiger partial charge on any atom is -0.497 e. The lowest BCUT2D eigenvalue weighted by Crippen LogP contribution is -2.23. The molecule has 0 radical (unpaired) electrons. The maximum Gasteiger partial charge on any atom is 0.255 e. The Labute approximate surface area is 162 Å². The van der Waals surface area contributed by atoms with E-state index in [0.717, 1.165) is 27.9 Å². The predicted molar refractivity (Wildman–Crippen MR) is 108 cm³/mol. The summed E-state index contributed by atoms with van der Waals surface area (Å²) in [5.41, 5.74) is 3.16. The van der Waals surface area contributed by atoms with Gasteiger partial charge in [-0.15, -0.1) is 0 Å². The van der Waals surface area contributed by atoms with Gasteiger partial charge in [-0.2, -0.15) is 5.10 Å². The minimum absolute atomic E-state index is 0.166. The third kappa shape index (κ3) is 3.44. The Bertz CT molecular complexity index is 1130. The second-order valence-electron chi connectivity index (χ2n) is 6.45. The minimum atomic E-state index is -0.166. The van der Waals surface area contributed by atoms with Gasteiger partial charge in [-0.25, -0.2) is 9.67 Å². The molecule has 0 unspecified atom stereocenters. The first-order valence-corrected chi connectivity index (χ1v) is 8.97. The van der Waals surface area contributed by atoms with Gasteiger partial charge in [0.05, 0.1) is 30.1 Å². The standard InChI is InChI=1S/C22H20N4O2/c1-15-19(22(27)23-13-16-7-10-18(28-2)11-8-16)14-24-26(15)21-12-9-17-5-3-4-6-20(17)25-21/h3-12,14H,13H2,1-2H3,(H,23,27). The molecule has 0 fully saturated rings. The Kier molecular flexibility index (Phi) is 4.76. The quantitative estimate of drug-likeness (QED) is 0.580. The van der Waals surface area contributed by atoms with Crippen molar-refractivity contribution >= 4 is 16.8 Å². The summed E-state index contributed by atoms with van der Waals surface area (Å²) in [6.45, 7) is 2.30. The molecule has 2 heterocycles. The molecule has 0 aliphatic carbocycles. The number of benzene rings is 2. The number of aromatic nitrogens is 3. The van der Waals surface area contributed by atoms with Crippen LogP contribution in [0.3, 0.4) is 0 Å². The lowest BCUT2D eigenvalue weighted by Gasteiger charge is -2.08. The van der Waals surface area contributed by atoms with Crippen molar-refractivity contribution < 1.29 is 9.53 Å². The molecule has 0 saturated heterocycles. The molecule has 2 aromatic heterocycles. The highest BCUT2D eigenvalue weighted by molar-refractivity contribution is 5.95. The number of amides is 1. The summed E-state index contributed by atoms with van der Waals surface area (Å²) < 4.78 is 6.84. The van der Waals surface area contributed by atoms with Gasteiger partial charge >= 0.3 is 0 Å². The van der Waals surface area contributed by atoms with Crippen LogP contribution in [0.5, 0.6) is 5.75 Å². The highest BCUT2D eigenvalue weighted by Crippen LogP contribution is 2.17. The number of para-hydroxylation sites is 1. The van der Waals surface area contributed by atoms with E-state index >= 15 is 0 Å². The van der Waals surface area contributed by atoms with E-state index in [-0.39, 0.29) is 5.91 Å². The zero-order chi connectivity index (χ0) is 19.5. The second kappa shape index (κ2) is 7.52. The molecule has 2 aromatic carbocycles. The van der Waals surface area contributed by atoms with Gasteiger partial charge < -0.3 is 10.1 Å². The summed E-state index contributed by atoms with van der Waals surface area (Å²) in [4.78, 5) is 17.3. The normalized spacial score (nSPS) is 10.8. The van der Waals surface area contributed by atoms with Crippen molar-refractivity contribution in [2.45, 2.75) is 13.5 Å². The first-order valence-electron chi connectivity index (χ1n) is 8.97. The van der Waals surface area contributed by atoms with Crippen LogP contribution in [0.4, 0.5) is 0 Å². The fourth-order valence-electron chi connectivity index (χ4n) is 3.06. The maximum absolute atomic E-state index is 12.6. The predicted octanol–water partition coefficient (Wildman–Crippen LogP) is 3.67. The third-order valence-corrected chi connectivity index (χ3v) is 4.67.